The van der Waals surface area contributed by atoms with Crippen molar-refractivity contribution in [1.29, 1.82) is 0 Å². The molecule has 8 heteroatoms. The molecule has 0 spiro atoms. The summed E-state index contributed by atoms with van der Waals surface area (Å²) in [5.74, 6) is 1.08. The van der Waals surface area contributed by atoms with E-state index in [1.807, 2.05) is 12.1 Å². The number of nitrogens with zero attached hydrogens (tertiary/aromatic N) is 3. The summed E-state index contributed by atoms with van der Waals surface area (Å²) < 4.78 is 10.8. The summed E-state index contributed by atoms with van der Waals surface area (Å²) >= 11 is 0. The molecule has 1 aromatic heterocycles. The Bertz CT molecular complexity index is 989. The third kappa shape index (κ3) is 3.26. The number of methoxy groups -OCH3 is 2. The maximum Gasteiger partial charge on any atom is 0.322 e. The van der Waals surface area contributed by atoms with Crippen molar-refractivity contribution in [1.82, 2.24) is 20.1 Å². The van der Waals surface area contributed by atoms with E-state index in [0.717, 1.165) is 5.56 Å². The third-order valence-electron chi connectivity index (χ3n) is 5.31. The van der Waals surface area contributed by atoms with E-state index in [1.54, 1.807) is 56.8 Å². The van der Waals surface area contributed by atoms with E-state index >= 15 is 0 Å². The first kappa shape index (κ1) is 18.8. The van der Waals surface area contributed by atoms with E-state index in [9.17, 15) is 9.59 Å². The molecule has 0 aliphatic carbocycles. The van der Waals surface area contributed by atoms with Gasteiger partial charge in [0, 0.05) is 31.5 Å². The molecule has 2 aromatic rings. The summed E-state index contributed by atoms with van der Waals surface area (Å²) in [6.07, 6.45) is 3.40. The molecule has 29 heavy (non-hydrogen) atoms. The van der Waals surface area contributed by atoms with Gasteiger partial charge in [0.1, 0.15) is 11.5 Å². The summed E-state index contributed by atoms with van der Waals surface area (Å²) in [6, 6.07) is 8.21. The molecule has 2 aliphatic heterocycles. The molecule has 0 saturated heterocycles. The SMILES string of the molecule is COc1ccc(OC)c(C2NC(=O)N(C)C3=C2C(=O)N(Cc2ccncc2)C3)c1. The molecular weight excluding hydrogens is 372 g/mol. The van der Waals surface area contributed by atoms with Crippen LogP contribution in [0.2, 0.25) is 0 Å². The molecule has 3 heterocycles. The number of urea groups is 1. The normalized spacial score (nSPS) is 18.7. The van der Waals surface area contributed by atoms with Crippen LogP contribution in [0.4, 0.5) is 4.79 Å². The van der Waals surface area contributed by atoms with Gasteiger partial charge in [-0.3, -0.25) is 14.7 Å². The Hall–Kier alpha value is -3.55. The van der Waals surface area contributed by atoms with E-state index in [2.05, 4.69) is 10.3 Å². The summed E-state index contributed by atoms with van der Waals surface area (Å²) in [4.78, 5) is 33.2. The number of carbonyl (C=O) groups excluding carboxylic acids is 2. The highest BCUT2D eigenvalue weighted by Crippen LogP contribution is 2.40. The van der Waals surface area contributed by atoms with Crippen LogP contribution in [-0.2, 0) is 11.3 Å². The lowest BCUT2D eigenvalue weighted by Gasteiger charge is -2.31. The predicted molar refractivity (Wildman–Crippen MR) is 105 cm³/mol. The zero-order valence-electron chi connectivity index (χ0n) is 16.5. The molecule has 0 saturated carbocycles. The van der Waals surface area contributed by atoms with Gasteiger partial charge in [-0.1, -0.05) is 0 Å². The second-order valence-electron chi connectivity index (χ2n) is 6.93. The number of pyridine rings is 1. The molecule has 1 N–H and O–H groups in total. The first-order chi connectivity index (χ1) is 14.0. The number of hydrogen-bond acceptors (Lipinski definition) is 5. The number of benzene rings is 1. The van der Waals surface area contributed by atoms with Crippen LogP contribution in [0, 0.1) is 0 Å². The highest BCUT2D eigenvalue weighted by Gasteiger charge is 2.43. The number of aromatic nitrogens is 1. The van der Waals surface area contributed by atoms with E-state index in [1.165, 1.54) is 4.90 Å². The van der Waals surface area contributed by atoms with Gasteiger partial charge in [-0.05, 0) is 35.9 Å². The fourth-order valence-electron chi connectivity index (χ4n) is 3.76. The van der Waals surface area contributed by atoms with Crippen molar-refractivity contribution in [2.75, 3.05) is 27.8 Å². The van der Waals surface area contributed by atoms with Gasteiger partial charge in [-0.25, -0.2) is 4.79 Å². The number of nitrogens with one attached hydrogen (secondary N) is 1. The van der Waals surface area contributed by atoms with Crippen LogP contribution in [0.5, 0.6) is 11.5 Å². The third-order valence-corrected chi connectivity index (χ3v) is 5.31. The van der Waals surface area contributed by atoms with Crippen LogP contribution >= 0.6 is 0 Å². The van der Waals surface area contributed by atoms with Crippen molar-refractivity contribution in [3.63, 3.8) is 0 Å². The lowest BCUT2D eigenvalue weighted by Crippen LogP contribution is -2.45. The van der Waals surface area contributed by atoms with Crippen molar-refractivity contribution < 1.29 is 19.1 Å². The highest BCUT2D eigenvalue weighted by molar-refractivity contribution is 6.01. The molecule has 4 rings (SSSR count). The Kier molecular flexibility index (Phi) is 4.84. The zero-order chi connectivity index (χ0) is 20.5. The smallest absolute Gasteiger partial charge is 0.322 e. The minimum absolute atomic E-state index is 0.112. The summed E-state index contributed by atoms with van der Waals surface area (Å²) in [7, 11) is 4.80. The average Bonchev–Trinajstić information content (AvgIpc) is 3.07. The molecule has 1 aromatic carbocycles. The van der Waals surface area contributed by atoms with Crippen LogP contribution in [0.3, 0.4) is 0 Å². The molecule has 0 bridgehead atoms. The Labute approximate surface area is 168 Å². The van der Waals surface area contributed by atoms with E-state index in [-0.39, 0.29) is 11.9 Å². The van der Waals surface area contributed by atoms with Crippen molar-refractivity contribution in [2.24, 2.45) is 0 Å². The van der Waals surface area contributed by atoms with Crippen LogP contribution in [0.15, 0.2) is 54.0 Å². The fraction of sp³-hybridized carbons (Fsp3) is 0.286. The highest BCUT2D eigenvalue weighted by atomic mass is 16.5. The summed E-state index contributed by atoms with van der Waals surface area (Å²) in [6.45, 7) is 0.807. The zero-order valence-corrected chi connectivity index (χ0v) is 16.5. The summed E-state index contributed by atoms with van der Waals surface area (Å²) in [5.41, 5.74) is 2.90. The van der Waals surface area contributed by atoms with E-state index in [0.29, 0.717) is 41.4 Å². The molecule has 1 unspecified atom stereocenters. The molecule has 8 nitrogen and oxygen atoms in total. The largest absolute Gasteiger partial charge is 0.497 e. The molecular formula is C21H22N4O4. The Morgan fingerprint density at radius 2 is 1.90 bits per heavy atom. The second-order valence-corrected chi connectivity index (χ2v) is 6.93. The van der Waals surface area contributed by atoms with Crippen molar-refractivity contribution >= 4 is 11.9 Å². The van der Waals surface area contributed by atoms with Crippen molar-refractivity contribution in [3.8, 4) is 11.5 Å². The van der Waals surface area contributed by atoms with Gasteiger partial charge >= 0.3 is 6.03 Å². The van der Waals surface area contributed by atoms with Gasteiger partial charge in [0.2, 0.25) is 0 Å². The first-order valence-electron chi connectivity index (χ1n) is 9.21. The molecule has 150 valence electrons. The monoisotopic (exact) mass is 394 g/mol. The standard InChI is InChI=1S/C21H22N4O4/c1-24-16-12-25(11-13-6-8-22-9-7-13)20(26)18(16)19(23-21(24)27)15-10-14(28-2)4-5-17(15)29-3/h4-10,19H,11-12H2,1-3H3,(H,23,27). The lowest BCUT2D eigenvalue weighted by molar-refractivity contribution is -0.126. The van der Waals surface area contributed by atoms with Crippen LogP contribution in [0.25, 0.3) is 0 Å². The van der Waals surface area contributed by atoms with Crippen molar-refractivity contribution in [2.45, 2.75) is 12.6 Å². The van der Waals surface area contributed by atoms with Crippen molar-refractivity contribution in [3.05, 3.63) is 65.1 Å². The van der Waals surface area contributed by atoms with Gasteiger partial charge in [0.25, 0.3) is 5.91 Å². The molecule has 2 aliphatic rings. The topological polar surface area (TPSA) is 84.0 Å². The number of hydrogen-bond donors (Lipinski definition) is 1. The van der Waals surface area contributed by atoms with Crippen LogP contribution < -0.4 is 14.8 Å². The van der Waals surface area contributed by atoms with E-state index in [4.69, 9.17) is 9.47 Å². The molecule has 0 fully saturated rings. The molecule has 1 atom stereocenters. The first-order valence-corrected chi connectivity index (χ1v) is 9.21. The van der Waals surface area contributed by atoms with Gasteiger partial charge in [-0.15, -0.1) is 0 Å². The Morgan fingerprint density at radius 1 is 1.14 bits per heavy atom. The Morgan fingerprint density at radius 3 is 2.59 bits per heavy atom. The summed E-state index contributed by atoms with van der Waals surface area (Å²) in [5, 5.41) is 2.93. The van der Waals surface area contributed by atoms with Crippen LogP contribution in [0.1, 0.15) is 17.2 Å². The molecule has 0 radical (unpaired) electrons. The Balaban J connectivity index is 1.73. The minimum Gasteiger partial charge on any atom is -0.497 e. The number of rotatable bonds is 5. The number of carbonyl (C=O) groups is 2. The lowest BCUT2D eigenvalue weighted by atomic mass is 9.94. The quantitative estimate of drug-likeness (QED) is 0.840. The molecule has 3 amide bonds. The average molecular weight is 394 g/mol. The minimum atomic E-state index is -0.617. The number of likely N-dealkylation sites (N-methyl/N-ethyl adjacent to an activating group) is 1. The van der Waals surface area contributed by atoms with Gasteiger partial charge in [0.15, 0.2) is 0 Å². The predicted octanol–water partition coefficient (Wildman–Crippen LogP) is 2.09. The van der Waals surface area contributed by atoms with E-state index < -0.39 is 6.04 Å². The number of ether oxygens (including phenoxy) is 2. The maximum absolute atomic E-state index is 13.3. The van der Waals surface area contributed by atoms with Gasteiger partial charge in [0.05, 0.1) is 38.1 Å². The number of amides is 3. The van der Waals surface area contributed by atoms with Gasteiger partial charge in [-0.2, -0.15) is 0 Å². The fourth-order valence-corrected chi connectivity index (χ4v) is 3.76. The van der Waals surface area contributed by atoms with Crippen LogP contribution in [-0.4, -0.2) is 54.5 Å². The maximum atomic E-state index is 13.3. The second kappa shape index (κ2) is 7.46. The van der Waals surface area contributed by atoms with Gasteiger partial charge < -0.3 is 19.7 Å².